The van der Waals surface area contributed by atoms with Crippen LogP contribution < -0.4 is 4.72 Å². The van der Waals surface area contributed by atoms with Crippen LogP contribution in [0.5, 0.6) is 0 Å². The number of rotatable bonds is 6. The Bertz CT molecular complexity index is 1100. The summed E-state index contributed by atoms with van der Waals surface area (Å²) in [5, 5.41) is 1.34. The van der Waals surface area contributed by atoms with Gasteiger partial charge in [0.05, 0.1) is 17.0 Å². The van der Waals surface area contributed by atoms with Crippen molar-refractivity contribution in [1.29, 1.82) is 0 Å². The van der Waals surface area contributed by atoms with Crippen molar-refractivity contribution < 1.29 is 13.2 Å². The summed E-state index contributed by atoms with van der Waals surface area (Å²) in [6, 6.07) is 14.1. The number of carbonyl (C=O) groups is 1. The molecule has 0 saturated heterocycles. The largest absolute Gasteiger partial charge is 0.293 e. The van der Waals surface area contributed by atoms with E-state index in [2.05, 4.69) is 14.7 Å². The number of anilines is 1. The Morgan fingerprint density at radius 3 is 2.41 bits per heavy atom. The first kappa shape index (κ1) is 19.3. The molecule has 0 amide bonds. The van der Waals surface area contributed by atoms with Gasteiger partial charge in [-0.15, -0.1) is 0 Å². The fourth-order valence-corrected chi connectivity index (χ4v) is 4.25. The number of hydrogen-bond acceptors (Lipinski definition) is 6. The summed E-state index contributed by atoms with van der Waals surface area (Å²) >= 11 is 1.39. The van der Waals surface area contributed by atoms with Crippen LogP contribution in [0.1, 0.15) is 23.1 Å². The van der Waals surface area contributed by atoms with Crippen molar-refractivity contribution in [3.8, 4) is 0 Å². The summed E-state index contributed by atoms with van der Waals surface area (Å²) in [7, 11) is -3.35. The molecule has 0 radical (unpaired) electrons. The molecule has 1 aromatic heterocycles. The lowest BCUT2D eigenvalue weighted by atomic mass is 10.1. The number of Topliss-reactive ketones (excluding diaryl/α,β-unsaturated/α-hetero) is 1. The third-order valence-electron chi connectivity index (χ3n) is 3.81. The average molecular weight is 402 g/mol. The van der Waals surface area contributed by atoms with Gasteiger partial charge in [0, 0.05) is 16.6 Å². The van der Waals surface area contributed by atoms with Crippen LogP contribution in [0, 0.1) is 6.92 Å². The maximum absolute atomic E-state index is 12.8. The number of hydrogen-bond donors (Lipinski definition) is 1. The highest BCUT2D eigenvalue weighted by molar-refractivity contribution is 8.00. The molecule has 0 aliphatic heterocycles. The molecule has 0 fully saturated rings. The van der Waals surface area contributed by atoms with Gasteiger partial charge in [0.15, 0.2) is 5.78 Å². The lowest BCUT2D eigenvalue weighted by Crippen LogP contribution is -2.14. The zero-order valence-electron chi connectivity index (χ0n) is 15.1. The molecular weight excluding hydrogens is 382 g/mol. The molecule has 0 spiro atoms. The lowest BCUT2D eigenvalue weighted by Gasteiger charge is -2.12. The summed E-state index contributed by atoms with van der Waals surface area (Å²) in [5.41, 5.74) is 1.79. The van der Waals surface area contributed by atoms with Gasteiger partial charge in [-0.25, -0.2) is 18.4 Å². The predicted octanol–water partition coefficient (Wildman–Crippen LogP) is 3.67. The first-order valence-electron chi connectivity index (χ1n) is 8.25. The second kappa shape index (κ2) is 7.66. The molecule has 1 heterocycles. The normalized spacial score (nSPS) is 12.7. The summed E-state index contributed by atoms with van der Waals surface area (Å²) < 4.78 is 24.9. The van der Waals surface area contributed by atoms with Gasteiger partial charge in [0.25, 0.3) is 0 Å². The number of benzene rings is 2. The zero-order chi connectivity index (χ0) is 19.6. The Balaban J connectivity index is 1.80. The van der Waals surface area contributed by atoms with E-state index in [1.54, 1.807) is 24.3 Å². The third kappa shape index (κ3) is 4.84. The van der Waals surface area contributed by atoms with Crippen LogP contribution in [-0.4, -0.2) is 35.7 Å². The second-order valence-corrected chi connectivity index (χ2v) is 9.25. The van der Waals surface area contributed by atoms with E-state index in [9.17, 15) is 13.2 Å². The Labute approximate surface area is 162 Å². The fourth-order valence-electron chi connectivity index (χ4n) is 2.62. The third-order valence-corrected chi connectivity index (χ3v) is 5.52. The van der Waals surface area contributed by atoms with Gasteiger partial charge in [-0.3, -0.25) is 9.52 Å². The highest BCUT2D eigenvalue weighted by atomic mass is 32.2. The molecule has 0 bridgehead atoms. The lowest BCUT2D eigenvalue weighted by molar-refractivity contribution is 0.0994. The van der Waals surface area contributed by atoms with Crippen LogP contribution in [0.2, 0.25) is 0 Å². The number of aryl methyl sites for hydroxylation is 1. The molecule has 0 aliphatic rings. The van der Waals surface area contributed by atoms with Gasteiger partial charge in [0.2, 0.25) is 10.0 Å². The minimum atomic E-state index is -3.35. The standard InChI is InChI=1S/C19H19N3O3S2/c1-12(18(23)14-8-10-15(11-9-14)22-27(3,24)25)26-19-16-6-4-5-7-17(16)20-13(2)21-19/h4-12,22H,1-3H3/t12-/m0/s1. The molecule has 3 rings (SSSR count). The number of fused-ring (bicyclic) bond motifs is 1. The van der Waals surface area contributed by atoms with Crippen molar-refractivity contribution in [2.75, 3.05) is 11.0 Å². The first-order chi connectivity index (χ1) is 12.7. The number of nitrogens with one attached hydrogen (secondary N) is 1. The average Bonchev–Trinajstić information content (AvgIpc) is 2.60. The minimum Gasteiger partial charge on any atom is -0.293 e. The molecule has 3 aromatic rings. The number of ketones is 1. The Kier molecular flexibility index (Phi) is 5.48. The quantitative estimate of drug-likeness (QED) is 0.385. The Hall–Kier alpha value is -2.45. The summed E-state index contributed by atoms with van der Waals surface area (Å²) in [4.78, 5) is 21.7. The molecule has 2 aromatic carbocycles. The van der Waals surface area contributed by atoms with E-state index in [0.29, 0.717) is 17.1 Å². The molecule has 0 unspecified atom stereocenters. The predicted molar refractivity (Wildman–Crippen MR) is 109 cm³/mol. The summed E-state index contributed by atoms with van der Waals surface area (Å²) in [6.07, 6.45) is 1.08. The number of thioether (sulfide) groups is 1. The SMILES string of the molecule is Cc1nc(S[C@@H](C)C(=O)c2ccc(NS(C)(=O)=O)cc2)c2ccccc2n1. The molecule has 27 heavy (non-hydrogen) atoms. The van der Waals surface area contributed by atoms with E-state index in [-0.39, 0.29) is 11.0 Å². The fraction of sp³-hybridized carbons (Fsp3) is 0.211. The van der Waals surface area contributed by atoms with E-state index >= 15 is 0 Å². The van der Waals surface area contributed by atoms with Gasteiger partial charge >= 0.3 is 0 Å². The van der Waals surface area contributed by atoms with Gasteiger partial charge in [0.1, 0.15) is 10.9 Å². The molecule has 140 valence electrons. The van der Waals surface area contributed by atoms with Crippen molar-refractivity contribution in [2.24, 2.45) is 0 Å². The maximum Gasteiger partial charge on any atom is 0.229 e. The molecule has 1 N–H and O–H groups in total. The summed E-state index contributed by atoms with van der Waals surface area (Å²) in [5.74, 6) is 0.610. The number of sulfonamides is 1. The zero-order valence-corrected chi connectivity index (χ0v) is 16.8. The van der Waals surface area contributed by atoms with Crippen LogP contribution in [0.3, 0.4) is 0 Å². The number of aromatic nitrogens is 2. The summed E-state index contributed by atoms with van der Waals surface area (Å²) in [6.45, 7) is 3.67. The molecule has 0 saturated carbocycles. The van der Waals surface area contributed by atoms with Crippen LogP contribution in [0.25, 0.3) is 10.9 Å². The molecule has 0 aliphatic carbocycles. The monoisotopic (exact) mass is 401 g/mol. The van der Waals surface area contributed by atoms with Crippen molar-refractivity contribution in [3.05, 3.63) is 59.9 Å². The van der Waals surface area contributed by atoms with Crippen molar-refractivity contribution >= 4 is 44.2 Å². The van der Waals surface area contributed by atoms with Crippen LogP contribution in [0.15, 0.2) is 53.6 Å². The second-order valence-electron chi connectivity index (χ2n) is 6.17. The van der Waals surface area contributed by atoms with E-state index in [4.69, 9.17) is 0 Å². The van der Waals surface area contributed by atoms with Gasteiger partial charge in [-0.05, 0) is 44.2 Å². The van der Waals surface area contributed by atoms with Gasteiger partial charge in [-0.1, -0.05) is 30.0 Å². The highest BCUT2D eigenvalue weighted by Crippen LogP contribution is 2.30. The molecule has 8 heteroatoms. The molecule has 6 nitrogen and oxygen atoms in total. The van der Waals surface area contributed by atoms with Crippen molar-refractivity contribution in [3.63, 3.8) is 0 Å². The first-order valence-corrected chi connectivity index (χ1v) is 11.0. The number of carbonyl (C=O) groups excluding carboxylic acids is 1. The van der Waals surface area contributed by atoms with E-state index in [1.165, 1.54) is 11.8 Å². The molecular formula is C19H19N3O3S2. The minimum absolute atomic E-state index is 0.0498. The van der Waals surface area contributed by atoms with Crippen molar-refractivity contribution in [1.82, 2.24) is 9.97 Å². The number of nitrogens with zero attached hydrogens (tertiary/aromatic N) is 2. The topological polar surface area (TPSA) is 89.0 Å². The molecule has 1 atom stereocenters. The number of para-hydroxylation sites is 1. The maximum atomic E-state index is 12.8. The van der Waals surface area contributed by atoms with Crippen LogP contribution >= 0.6 is 11.8 Å². The van der Waals surface area contributed by atoms with Crippen LogP contribution in [0.4, 0.5) is 5.69 Å². The smallest absolute Gasteiger partial charge is 0.229 e. The van der Waals surface area contributed by atoms with E-state index in [1.807, 2.05) is 38.1 Å². The van der Waals surface area contributed by atoms with Crippen LogP contribution in [-0.2, 0) is 10.0 Å². The van der Waals surface area contributed by atoms with Gasteiger partial charge < -0.3 is 0 Å². The Morgan fingerprint density at radius 2 is 1.74 bits per heavy atom. The highest BCUT2D eigenvalue weighted by Gasteiger charge is 2.19. The van der Waals surface area contributed by atoms with E-state index in [0.717, 1.165) is 22.2 Å². The van der Waals surface area contributed by atoms with E-state index < -0.39 is 10.0 Å². The Morgan fingerprint density at radius 1 is 1.07 bits per heavy atom. The van der Waals surface area contributed by atoms with Gasteiger partial charge in [-0.2, -0.15) is 0 Å². The van der Waals surface area contributed by atoms with Crippen molar-refractivity contribution in [2.45, 2.75) is 24.1 Å².